The Hall–Kier alpha value is -0.680. The van der Waals surface area contributed by atoms with E-state index >= 15 is 0 Å². The van der Waals surface area contributed by atoms with Gasteiger partial charge in [-0.2, -0.15) is 0 Å². The maximum atomic E-state index is 5.66. The van der Waals surface area contributed by atoms with Crippen LogP contribution >= 0.6 is 27.3 Å². The second-order valence-corrected chi connectivity index (χ2v) is 6.74. The number of halogens is 1. The van der Waals surface area contributed by atoms with E-state index in [2.05, 4.69) is 64.0 Å². The number of rotatable bonds is 6. The molecular formula is C15H19BrN2S. The zero-order valence-electron chi connectivity index (χ0n) is 11.0. The van der Waals surface area contributed by atoms with Crippen LogP contribution in [0.5, 0.6) is 0 Å². The van der Waals surface area contributed by atoms with Gasteiger partial charge in [-0.25, -0.2) is 0 Å². The van der Waals surface area contributed by atoms with Crippen molar-refractivity contribution in [3.05, 3.63) is 56.2 Å². The third-order valence-corrected chi connectivity index (χ3v) is 4.89. The Kier molecular flexibility index (Phi) is 5.58. The number of hydrazine groups is 1. The molecule has 4 heteroatoms. The molecule has 1 aromatic carbocycles. The number of aryl methyl sites for hydroxylation is 2. The normalized spacial score (nSPS) is 12.6. The van der Waals surface area contributed by atoms with E-state index in [0.717, 1.165) is 23.7 Å². The Morgan fingerprint density at radius 1 is 1.37 bits per heavy atom. The molecule has 0 aliphatic rings. The molecule has 19 heavy (non-hydrogen) atoms. The first-order valence-electron chi connectivity index (χ1n) is 6.42. The van der Waals surface area contributed by atoms with Gasteiger partial charge in [0.15, 0.2) is 0 Å². The van der Waals surface area contributed by atoms with Crippen LogP contribution in [0.1, 0.15) is 22.4 Å². The molecule has 1 aromatic heterocycles. The fourth-order valence-electron chi connectivity index (χ4n) is 2.16. The predicted molar refractivity (Wildman–Crippen MR) is 86.3 cm³/mol. The minimum absolute atomic E-state index is 0.325. The summed E-state index contributed by atoms with van der Waals surface area (Å²) in [7, 11) is 0. The molecule has 0 saturated heterocycles. The van der Waals surface area contributed by atoms with Gasteiger partial charge in [0.2, 0.25) is 0 Å². The highest BCUT2D eigenvalue weighted by Gasteiger charge is 2.09. The van der Waals surface area contributed by atoms with Gasteiger partial charge in [-0.1, -0.05) is 29.8 Å². The SMILES string of the molecule is Cc1cccc(CCC(Cc2cc(Br)cs2)NN)c1. The maximum absolute atomic E-state index is 5.66. The van der Waals surface area contributed by atoms with Crippen LogP contribution in [-0.4, -0.2) is 6.04 Å². The fraction of sp³-hybridized carbons (Fsp3) is 0.333. The van der Waals surface area contributed by atoms with Crippen molar-refractivity contribution >= 4 is 27.3 Å². The van der Waals surface area contributed by atoms with Gasteiger partial charge >= 0.3 is 0 Å². The lowest BCUT2D eigenvalue weighted by molar-refractivity contribution is 0.494. The van der Waals surface area contributed by atoms with E-state index in [-0.39, 0.29) is 0 Å². The molecule has 0 aliphatic heterocycles. The Bertz CT molecular complexity index is 524. The highest BCUT2D eigenvalue weighted by molar-refractivity contribution is 9.10. The topological polar surface area (TPSA) is 38.0 Å². The highest BCUT2D eigenvalue weighted by atomic mass is 79.9. The third-order valence-electron chi connectivity index (χ3n) is 3.17. The molecule has 0 spiro atoms. The summed E-state index contributed by atoms with van der Waals surface area (Å²) in [4.78, 5) is 1.36. The largest absolute Gasteiger partial charge is 0.271 e. The van der Waals surface area contributed by atoms with Crippen molar-refractivity contribution in [3.63, 3.8) is 0 Å². The average Bonchev–Trinajstić information content (AvgIpc) is 2.80. The fourth-order valence-corrected chi connectivity index (χ4v) is 3.69. The van der Waals surface area contributed by atoms with E-state index in [9.17, 15) is 0 Å². The van der Waals surface area contributed by atoms with Crippen LogP contribution < -0.4 is 11.3 Å². The van der Waals surface area contributed by atoms with Crippen LogP contribution in [0.25, 0.3) is 0 Å². The van der Waals surface area contributed by atoms with Crippen LogP contribution in [0.2, 0.25) is 0 Å². The number of benzene rings is 1. The van der Waals surface area contributed by atoms with Gasteiger partial charge in [0.1, 0.15) is 0 Å². The lowest BCUT2D eigenvalue weighted by atomic mass is 10.0. The summed E-state index contributed by atoms with van der Waals surface area (Å²) in [6, 6.07) is 11.2. The Labute approximate surface area is 127 Å². The summed E-state index contributed by atoms with van der Waals surface area (Å²) in [6.45, 7) is 2.13. The zero-order chi connectivity index (χ0) is 13.7. The van der Waals surface area contributed by atoms with Gasteiger partial charge < -0.3 is 0 Å². The van der Waals surface area contributed by atoms with Crippen molar-refractivity contribution in [2.24, 2.45) is 5.84 Å². The van der Waals surface area contributed by atoms with Crippen molar-refractivity contribution < 1.29 is 0 Å². The number of hydrogen-bond donors (Lipinski definition) is 2. The van der Waals surface area contributed by atoms with E-state index < -0.39 is 0 Å². The van der Waals surface area contributed by atoms with E-state index in [1.165, 1.54) is 16.0 Å². The molecule has 102 valence electrons. The summed E-state index contributed by atoms with van der Waals surface area (Å²) in [5, 5.41) is 2.11. The quantitative estimate of drug-likeness (QED) is 0.620. The molecule has 1 atom stereocenters. The zero-order valence-corrected chi connectivity index (χ0v) is 13.4. The standard InChI is InChI=1S/C15H19BrN2S/c1-11-3-2-4-12(7-11)5-6-14(18-17)9-15-8-13(16)10-19-15/h2-4,7-8,10,14,18H,5-6,9,17H2,1H3. The molecule has 2 nitrogen and oxygen atoms in total. The summed E-state index contributed by atoms with van der Waals surface area (Å²) < 4.78 is 1.15. The predicted octanol–water partition coefficient (Wildman–Crippen LogP) is 3.83. The van der Waals surface area contributed by atoms with Crippen molar-refractivity contribution in [1.82, 2.24) is 5.43 Å². The summed E-state index contributed by atoms with van der Waals surface area (Å²) in [5.41, 5.74) is 5.63. The lowest BCUT2D eigenvalue weighted by Crippen LogP contribution is -2.36. The van der Waals surface area contributed by atoms with Crippen molar-refractivity contribution in [2.75, 3.05) is 0 Å². The van der Waals surface area contributed by atoms with Crippen LogP contribution in [0.15, 0.2) is 40.2 Å². The molecule has 3 N–H and O–H groups in total. The monoisotopic (exact) mass is 338 g/mol. The number of thiophene rings is 1. The van der Waals surface area contributed by atoms with Gasteiger partial charge in [-0.05, 0) is 53.7 Å². The van der Waals surface area contributed by atoms with Gasteiger partial charge in [-0.15, -0.1) is 11.3 Å². The van der Waals surface area contributed by atoms with E-state index in [0.29, 0.717) is 6.04 Å². The molecule has 2 rings (SSSR count). The van der Waals surface area contributed by atoms with Gasteiger partial charge in [0.05, 0.1) is 0 Å². The Balaban J connectivity index is 1.89. The maximum Gasteiger partial charge on any atom is 0.0285 e. The molecule has 1 heterocycles. The number of nitrogens with two attached hydrogens (primary N) is 1. The minimum atomic E-state index is 0.325. The Morgan fingerprint density at radius 2 is 2.21 bits per heavy atom. The van der Waals surface area contributed by atoms with Crippen molar-refractivity contribution in [3.8, 4) is 0 Å². The van der Waals surface area contributed by atoms with Crippen LogP contribution in [0.4, 0.5) is 0 Å². The smallest absolute Gasteiger partial charge is 0.0285 e. The number of nitrogens with one attached hydrogen (secondary N) is 1. The van der Waals surface area contributed by atoms with E-state index in [1.54, 1.807) is 11.3 Å². The van der Waals surface area contributed by atoms with Crippen LogP contribution in [0.3, 0.4) is 0 Å². The lowest BCUT2D eigenvalue weighted by Gasteiger charge is -2.15. The molecule has 1 unspecified atom stereocenters. The minimum Gasteiger partial charge on any atom is -0.271 e. The summed E-state index contributed by atoms with van der Waals surface area (Å²) >= 11 is 5.26. The van der Waals surface area contributed by atoms with Crippen LogP contribution in [0, 0.1) is 6.92 Å². The molecule has 0 fully saturated rings. The summed E-state index contributed by atoms with van der Waals surface area (Å²) in [5.74, 6) is 5.66. The average molecular weight is 339 g/mol. The van der Waals surface area contributed by atoms with Gasteiger partial charge in [-0.3, -0.25) is 11.3 Å². The Morgan fingerprint density at radius 3 is 2.84 bits per heavy atom. The second kappa shape index (κ2) is 7.20. The number of hydrogen-bond acceptors (Lipinski definition) is 3. The third kappa shape index (κ3) is 4.73. The van der Waals surface area contributed by atoms with Gasteiger partial charge in [0, 0.05) is 20.8 Å². The summed E-state index contributed by atoms with van der Waals surface area (Å²) in [6.07, 6.45) is 3.09. The molecule has 0 radical (unpaired) electrons. The molecule has 0 saturated carbocycles. The van der Waals surface area contributed by atoms with Crippen molar-refractivity contribution in [1.29, 1.82) is 0 Å². The van der Waals surface area contributed by atoms with Crippen molar-refractivity contribution in [2.45, 2.75) is 32.2 Å². The second-order valence-electron chi connectivity index (χ2n) is 4.83. The first kappa shape index (κ1) is 14.7. The van der Waals surface area contributed by atoms with Gasteiger partial charge in [0.25, 0.3) is 0 Å². The molecule has 0 aliphatic carbocycles. The van der Waals surface area contributed by atoms with E-state index in [1.807, 2.05) is 0 Å². The first-order valence-corrected chi connectivity index (χ1v) is 8.09. The van der Waals surface area contributed by atoms with E-state index in [4.69, 9.17) is 5.84 Å². The highest BCUT2D eigenvalue weighted by Crippen LogP contribution is 2.21. The molecule has 0 amide bonds. The van der Waals surface area contributed by atoms with Crippen LogP contribution in [-0.2, 0) is 12.8 Å². The first-order chi connectivity index (χ1) is 9.17. The molecule has 0 bridgehead atoms. The molecular weight excluding hydrogens is 320 g/mol. The molecule has 2 aromatic rings.